The van der Waals surface area contributed by atoms with Crippen LogP contribution in [0.15, 0.2) is 24.3 Å². The van der Waals surface area contributed by atoms with Crippen LogP contribution in [0, 0.1) is 0 Å². The highest BCUT2D eigenvalue weighted by Gasteiger charge is 2.02. The second-order valence-corrected chi connectivity index (χ2v) is 3.53. The summed E-state index contributed by atoms with van der Waals surface area (Å²) in [6.45, 7) is 5.93. The highest BCUT2D eigenvalue weighted by molar-refractivity contribution is 5.40. The van der Waals surface area contributed by atoms with Gasteiger partial charge in [-0.3, -0.25) is 0 Å². The molecule has 0 saturated carbocycles. The Morgan fingerprint density at radius 3 is 2.87 bits per heavy atom. The number of benzene rings is 1. The van der Waals surface area contributed by atoms with Crippen LogP contribution in [0.3, 0.4) is 0 Å². The summed E-state index contributed by atoms with van der Waals surface area (Å²) in [6.07, 6.45) is 0.117. The van der Waals surface area contributed by atoms with Crippen LogP contribution in [-0.4, -0.2) is 19.3 Å². The maximum absolute atomic E-state index is 5.66. The highest BCUT2D eigenvalue weighted by atomic mass is 16.5. The Bertz CT molecular complexity index is 289. The van der Waals surface area contributed by atoms with Crippen molar-refractivity contribution in [3.05, 3.63) is 29.8 Å². The molecule has 1 unspecified atom stereocenters. The fourth-order valence-electron chi connectivity index (χ4n) is 1.25. The predicted octanol–water partition coefficient (Wildman–Crippen LogP) is 2.21. The zero-order valence-corrected chi connectivity index (χ0v) is 9.40. The van der Waals surface area contributed by atoms with Crippen LogP contribution in [0.5, 0.6) is 0 Å². The van der Waals surface area contributed by atoms with E-state index in [-0.39, 0.29) is 6.10 Å². The Balaban J connectivity index is 2.30. The summed E-state index contributed by atoms with van der Waals surface area (Å²) in [5.74, 6) is 0. The molecule has 0 aromatic heterocycles. The van der Waals surface area contributed by atoms with Crippen LogP contribution in [0.25, 0.3) is 0 Å². The van der Waals surface area contributed by atoms with Crippen LogP contribution >= 0.6 is 0 Å². The molecule has 3 heteroatoms. The van der Waals surface area contributed by atoms with Crippen LogP contribution in [0.1, 0.15) is 19.4 Å². The molecule has 1 aromatic rings. The van der Waals surface area contributed by atoms with Gasteiger partial charge in [-0.2, -0.15) is 0 Å². The first kappa shape index (κ1) is 12.0. The topological polar surface area (TPSA) is 44.5 Å². The van der Waals surface area contributed by atoms with Crippen molar-refractivity contribution in [2.24, 2.45) is 0 Å². The van der Waals surface area contributed by atoms with Gasteiger partial charge in [-0.1, -0.05) is 12.1 Å². The zero-order valence-electron chi connectivity index (χ0n) is 9.40. The molecule has 0 heterocycles. The molecule has 2 N–H and O–H groups in total. The monoisotopic (exact) mass is 209 g/mol. The van der Waals surface area contributed by atoms with Crippen LogP contribution < -0.4 is 5.73 Å². The Morgan fingerprint density at radius 1 is 1.40 bits per heavy atom. The lowest BCUT2D eigenvalue weighted by molar-refractivity contribution is -0.0116. The minimum absolute atomic E-state index is 0.117. The summed E-state index contributed by atoms with van der Waals surface area (Å²) in [7, 11) is 0. The van der Waals surface area contributed by atoms with Gasteiger partial charge in [0, 0.05) is 12.3 Å². The third-order valence-electron chi connectivity index (χ3n) is 2.04. The second-order valence-electron chi connectivity index (χ2n) is 3.53. The van der Waals surface area contributed by atoms with Gasteiger partial charge in [-0.05, 0) is 31.5 Å². The van der Waals surface area contributed by atoms with Gasteiger partial charge in [-0.15, -0.1) is 0 Å². The summed E-state index contributed by atoms with van der Waals surface area (Å²) in [6, 6.07) is 7.73. The molecule has 0 aliphatic rings. The largest absolute Gasteiger partial charge is 0.399 e. The molecule has 1 aromatic carbocycles. The molecule has 0 bridgehead atoms. The van der Waals surface area contributed by atoms with Crippen molar-refractivity contribution in [1.82, 2.24) is 0 Å². The van der Waals surface area contributed by atoms with E-state index in [1.54, 1.807) is 0 Å². The minimum Gasteiger partial charge on any atom is -0.399 e. The normalized spacial score (nSPS) is 12.7. The first-order chi connectivity index (χ1) is 7.22. The standard InChI is InChI=1S/C12H19NO2/c1-3-14-8-10(2)15-9-11-5-4-6-12(13)7-11/h4-7,10H,3,8-9,13H2,1-2H3. The predicted molar refractivity (Wildman–Crippen MR) is 61.6 cm³/mol. The van der Waals surface area contributed by atoms with Crippen LogP contribution in [-0.2, 0) is 16.1 Å². The number of hydrogen-bond acceptors (Lipinski definition) is 3. The molecule has 15 heavy (non-hydrogen) atoms. The van der Waals surface area contributed by atoms with Crippen LogP contribution in [0.2, 0.25) is 0 Å². The van der Waals surface area contributed by atoms with E-state index in [2.05, 4.69) is 0 Å². The van der Waals surface area contributed by atoms with E-state index in [9.17, 15) is 0 Å². The van der Waals surface area contributed by atoms with Gasteiger partial charge in [0.15, 0.2) is 0 Å². The van der Waals surface area contributed by atoms with Crippen molar-refractivity contribution < 1.29 is 9.47 Å². The number of nitrogen functional groups attached to an aromatic ring is 1. The van der Waals surface area contributed by atoms with Gasteiger partial charge < -0.3 is 15.2 Å². The maximum atomic E-state index is 5.66. The number of rotatable bonds is 6. The smallest absolute Gasteiger partial charge is 0.0785 e. The van der Waals surface area contributed by atoms with Crippen molar-refractivity contribution in [2.75, 3.05) is 18.9 Å². The average Bonchev–Trinajstić information content (AvgIpc) is 2.23. The second kappa shape index (κ2) is 6.43. The number of anilines is 1. The molecule has 0 fully saturated rings. The summed E-state index contributed by atoms with van der Waals surface area (Å²) in [4.78, 5) is 0. The van der Waals surface area contributed by atoms with E-state index < -0.39 is 0 Å². The minimum atomic E-state index is 0.117. The summed E-state index contributed by atoms with van der Waals surface area (Å²) in [5.41, 5.74) is 7.53. The molecular formula is C12H19NO2. The summed E-state index contributed by atoms with van der Waals surface area (Å²) in [5, 5.41) is 0. The molecule has 0 amide bonds. The first-order valence-corrected chi connectivity index (χ1v) is 5.26. The van der Waals surface area contributed by atoms with E-state index in [4.69, 9.17) is 15.2 Å². The third-order valence-corrected chi connectivity index (χ3v) is 2.04. The fourth-order valence-corrected chi connectivity index (χ4v) is 1.25. The zero-order chi connectivity index (χ0) is 11.1. The van der Waals surface area contributed by atoms with Gasteiger partial charge in [0.2, 0.25) is 0 Å². The van der Waals surface area contributed by atoms with Crippen molar-refractivity contribution in [3.8, 4) is 0 Å². The molecule has 0 saturated heterocycles. The lowest BCUT2D eigenvalue weighted by atomic mass is 10.2. The van der Waals surface area contributed by atoms with E-state index in [0.29, 0.717) is 13.2 Å². The van der Waals surface area contributed by atoms with Crippen molar-refractivity contribution in [2.45, 2.75) is 26.6 Å². The van der Waals surface area contributed by atoms with E-state index in [0.717, 1.165) is 17.9 Å². The molecule has 0 radical (unpaired) electrons. The molecule has 84 valence electrons. The molecular weight excluding hydrogens is 190 g/mol. The molecule has 1 rings (SSSR count). The van der Waals surface area contributed by atoms with Gasteiger partial charge >= 0.3 is 0 Å². The highest BCUT2D eigenvalue weighted by Crippen LogP contribution is 2.08. The maximum Gasteiger partial charge on any atom is 0.0785 e. The lowest BCUT2D eigenvalue weighted by Crippen LogP contribution is -2.15. The Kier molecular flexibility index (Phi) is 5.15. The molecule has 0 aliphatic carbocycles. The Labute approximate surface area is 91.2 Å². The van der Waals surface area contributed by atoms with Crippen molar-refractivity contribution in [1.29, 1.82) is 0 Å². The third kappa shape index (κ3) is 4.81. The molecule has 1 atom stereocenters. The SMILES string of the molecule is CCOCC(C)OCc1cccc(N)c1. The average molecular weight is 209 g/mol. The van der Waals surface area contributed by atoms with Crippen molar-refractivity contribution in [3.63, 3.8) is 0 Å². The molecule has 0 aliphatic heterocycles. The molecule has 3 nitrogen and oxygen atoms in total. The lowest BCUT2D eigenvalue weighted by Gasteiger charge is -2.12. The first-order valence-electron chi connectivity index (χ1n) is 5.26. The quantitative estimate of drug-likeness (QED) is 0.730. The Morgan fingerprint density at radius 2 is 2.20 bits per heavy atom. The van der Waals surface area contributed by atoms with E-state index in [1.807, 2.05) is 38.1 Å². The van der Waals surface area contributed by atoms with Gasteiger partial charge in [0.25, 0.3) is 0 Å². The summed E-state index contributed by atoms with van der Waals surface area (Å²) >= 11 is 0. The van der Waals surface area contributed by atoms with Gasteiger partial charge in [0.05, 0.1) is 19.3 Å². The van der Waals surface area contributed by atoms with Gasteiger partial charge in [0.1, 0.15) is 0 Å². The van der Waals surface area contributed by atoms with Gasteiger partial charge in [-0.25, -0.2) is 0 Å². The van der Waals surface area contributed by atoms with Crippen molar-refractivity contribution >= 4 is 5.69 Å². The number of nitrogens with two attached hydrogens (primary N) is 1. The number of hydrogen-bond donors (Lipinski definition) is 1. The van der Waals surface area contributed by atoms with E-state index >= 15 is 0 Å². The fraction of sp³-hybridized carbons (Fsp3) is 0.500. The molecule has 0 spiro atoms. The van der Waals surface area contributed by atoms with E-state index in [1.165, 1.54) is 0 Å². The number of ether oxygens (including phenoxy) is 2. The van der Waals surface area contributed by atoms with Crippen LogP contribution in [0.4, 0.5) is 5.69 Å². The Hall–Kier alpha value is -1.06. The summed E-state index contributed by atoms with van der Waals surface area (Å²) < 4.78 is 10.9.